The fourth-order valence-electron chi connectivity index (χ4n) is 1.30. The molecule has 1 N–H and O–H groups in total. The molecular weight excluding hydrogens is 231 g/mol. The maximum Gasteiger partial charge on any atom is 0.313 e. The maximum absolute atomic E-state index is 13.5. The molecule has 0 saturated carbocycles. The van der Waals surface area contributed by atoms with E-state index in [1.807, 2.05) is 0 Å². The van der Waals surface area contributed by atoms with Crippen molar-refractivity contribution in [1.29, 1.82) is 0 Å². The zero-order chi connectivity index (χ0) is 12.3. The third-order valence-electron chi connectivity index (χ3n) is 2.51. The Bertz CT molecular complexity index is 431. The molecule has 0 fully saturated rings. The van der Waals surface area contributed by atoms with Gasteiger partial charge in [-0.1, -0.05) is 23.7 Å². The van der Waals surface area contributed by atoms with Crippen LogP contribution in [-0.2, 0) is 11.2 Å². The van der Waals surface area contributed by atoms with E-state index >= 15 is 0 Å². The first-order valence-corrected chi connectivity index (χ1v) is 5.08. The lowest BCUT2D eigenvalue weighted by Crippen LogP contribution is -2.27. The van der Waals surface area contributed by atoms with Crippen LogP contribution >= 0.6 is 11.6 Å². The largest absolute Gasteiger partial charge is 0.481 e. The van der Waals surface area contributed by atoms with Gasteiger partial charge in [0, 0.05) is 5.02 Å². The van der Waals surface area contributed by atoms with Crippen molar-refractivity contribution in [3.63, 3.8) is 0 Å². The van der Waals surface area contributed by atoms with Crippen LogP contribution in [0.25, 0.3) is 0 Å². The summed E-state index contributed by atoms with van der Waals surface area (Å²) in [4.78, 5) is 11.0. The molecule has 1 unspecified atom stereocenters. The average Bonchev–Trinajstić information content (AvgIpc) is 2.22. The second kappa shape index (κ2) is 4.66. The number of carboxylic acids is 1. The van der Waals surface area contributed by atoms with E-state index in [1.54, 1.807) is 0 Å². The summed E-state index contributed by atoms with van der Waals surface area (Å²) in [5.41, 5.74) is -0.858. The van der Waals surface area contributed by atoms with Crippen LogP contribution in [-0.4, -0.2) is 11.1 Å². The van der Waals surface area contributed by atoms with Crippen LogP contribution < -0.4 is 0 Å². The Labute approximate surface area is 98.4 Å². The van der Waals surface area contributed by atoms with Crippen LogP contribution in [0.2, 0.25) is 5.02 Å². The summed E-state index contributed by atoms with van der Waals surface area (Å²) < 4.78 is 13.5. The van der Waals surface area contributed by atoms with Crippen LogP contribution in [0, 0.1) is 11.2 Å². The summed E-state index contributed by atoms with van der Waals surface area (Å²) in [7, 11) is 0. The second-order valence-corrected chi connectivity index (χ2v) is 4.28. The molecule has 1 rings (SSSR count). The molecule has 0 bridgehead atoms. The van der Waals surface area contributed by atoms with Gasteiger partial charge in [-0.05, 0) is 31.0 Å². The number of carbonyl (C=O) groups is 1. The van der Waals surface area contributed by atoms with Crippen molar-refractivity contribution in [2.24, 2.45) is 5.41 Å². The molecule has 1 aromatic carbocycles. The standard InChI is InChI=1S/C12H12ClFO2/c1-3-12(2,11(15)16)7-8-4-5-9(13)6-10(8)14/h3-6H,1,7H2,2H3,(H,15,16). The molecule has 1 atom stereocenters. The molecule has 1 aromatic rings. The Morgan fingerprint density at radius 2 is 2.31 bits per heavy atom. The Morgan fingerprint density at radius 1 is 1.69 bits per heavy atom. The fourth-order valence-corrected chi connectivity index (χ4v) is 1.45. The van der Waals surface area contributed by atoms with E-state index in [1.165, 1.54) is 31.2 Å². The van der Waals surface area contributed by atoms with Crippen LogP contribution in [0.4, 0.5) is 4.39 Å². The number of halogens is 2. The Morgan fingerprint density at radius 3 is 2.75 bits per heavy atom. The van der Waals surface area contributed by atoms with Gasteiger partial charge < -0.3 is 5.11 Å². The molecule has 0 aliphatic heterocycles. The van der Waals surface area contributed by atoms with Gasteiger partial charge in [0.05, 0.1) is 5.41 Å². The summed E-state index contributed by atoms with van der Waals surface area (Å²) in [5.74, 6) is -1.53. The smallest absolute Gasteiger partial charge is 0.313 e. The van der Waals surface area contributed by atoms with Gasteiger partial charge in [0.15, 0.2) is 0 Å². The van der Waals surface area contributed by atoms with E-state index in [2.05, 4.69) is 6.58 Å². The zero-order valence-corrected chi connectivity index (χ0v) is 9.59. The number of carboxylic acid groups (broad SMARTS) is 1. The predicted molar refractivity (Wildman–Crippen MR) is 61.1 cm³/mol. The first-order chi connectivity index (χ1) is 7.39. The Hall–Kier alpha value is -1.35. The molecule has 0 aliphatic carbocycles. The highest BCUT2D eigenvalue weighted by atomic mass is 35.5. The van der Waals surface area contributed by atoms with Crippen molar-refractivity contribution in [2.45, 2.75) is 13.3 Å². The SMILES string of the molecule is C=CC(C)(Cc1ccc(Cl)cc1F)C(=O)O. The summed E-state index contributed by atoms with van der Waals surface area (Å²) in [6.45, 7) is 4.96. The molecule has 0 saturated heterocycles. The van der Waals surface area contributed by atoms with Crippen LogP contribution in [0.1, 0.15) is 12.5 Å². The van der Waals surface area contributed by atoms with Crippen molar-refractivity contribution >= 4 is 17.6 Å². The minimum absolute atomic E-state index is 0.0504. The van der Waals surface area contributed by atoms with Crippen molar-refractivity contribution in [1.82, 2.24) is 0 Å². The fraction of sp³-hybridized carbons (Fsp3) is 0.250. The highest BCUT2D eigenvalue weighted by Gasteiger charge is 2.30. The Kier molecular flexibility index (Phi) is 3.70. The van der Waals surface area contributed by atoms with Crippen LogP contribution in [0.5, 0.6) is 0 Å². The number of rotatable bonds is 4. The maximum atomic E-state index is 13.5. The monoisotopic (exact) mass is 242 g/mol. The summed E-state index contributed by atoms with van der Waals surface area (Å²) >= 11 is 5.61. The normalized spacial score (nSPS) is 14.2. The summed E-state index contributed by atoms with van der Waals surface area (Å²) in [6.07, 6.45) is 1.36. The molecule has 0 amide bonds. The van der Waals surface area contributed by atoms with Crippen molar-refractivity contribution < 1.29 is 14.3 Å². The number of aliphatic carboxylic acids is 1. The molecule has 0 aliphatic rings. The van der Waals surface area contributed by atoms with Crippen molar-refractivity contribution in [2.75, 3.05) is 0 Å². The van der Waals surface area contributed by atoms with E-state index in [9.17, 15) is 9.18 Å². The molecule has 0 radical (unpaired) electrons. The first-order valence-electron chi connectivity index (χ1n) is 4.70. The van der Waals surface area contributed by atoms with Gasteiger partial charge in [0.1, 0.15) is 5.82 Å². The molecule has 0 aromatic heterocycles. The number of benzene rings is 1. The van der Waals surface area contributed by atoms with Gasteiger partial charge in [0.25, 0.3) is 0 Å². The van der Waals surface area contributed by atoms with E-state index < -0.39 is 17.2 Å². The molecule has 2 nitrogen and oxygen atoms in total. The van der Waals surface area contributed by atoms with Gasteiger partial charge in [-0.3, -0.25) is 4.79 Å². The second-order valence-electron chi connectivity index (χ2n) is 3.84. The van der Waals surface area contributed by atoms with E-state index in [0.29, 0.717) is 5.56 Å². The summed E-state index contributed by atoms with van der Waals surface area (Å²) in [5, 5.41) is 9.31. The predicted octanol–water partition coefficient (Wildman–Crippen LogP) is 3.30. The summed E-state index contributed by atoms with van der Waals surface area (Å²) in [6, 6.07) is 4.19. The molecule has 16 heavy (non-hydrogen) atoms. The van der Waals surface area contributed by atoms with E-state index in [4.69, 9.17) is 16.7 Å². The molecule has 0 spiro atoms. The van der Waals surface area contributed by atoms with Crippen LogP contribution in [0.3, 0.4) is 0 Å². The molecule has 4 heteroatoms. The topological polar surface area (TPSA) is 37.3 Å². The van der Waals surface area contributed by atoms with Crippen LogP contribution in [0.15, 0.2) is 30.9 Å². The minimum Gasteiger partial charge on any atom is -0.481 e. The zero-order valence-electron chi connectivity index (χ0n) is 8.84. The van der Waals surface area contributed by atoms with E-state index in [0.717, 1.165) is 0 Å². The highest BCUT2D eigenvalue weighted by Crippen LogP contribution is 2.26. The van der Waals surface area contributed by atoms with Gasteiger partial charge >= 0.3 is 5.97 Å². The van der Waals surface area contributed by atoms with E-state index in [-0.39, 0.29) is 11.4 Å². The average molecular weight is 243 g/mol. The lowest BCUT2D eigenvalue weighted by molar-refractivity contribution is -0.145. The first kappa shape index (κ1) is 12.7. The molecule has 0 heterocycles. The van der Waals surface area contributed by atoms with Crippen molar-refractivity contribution in [3.8, 4) is 0 Å². The highest BCUT2D eigenvalue weighted by molar-refractivity contribution is 6.30. The minimum atomic E-state index is -1.17. The van der Waals surface area contributed by atoms with Gasteiger partial charge in [-0.2, -0.15) is 0 Å². The van der Waals surface area contributed by atoms with Crippen molar-refractivity contribution in [3.05, 3.63) is 47.3 Å². The van der Waals surface area contributed by atoms with Gasteiger partial charge in [-0.25, -0.2) is 4.39 Å². The molecular formula is C12H12ClFO2. The number of hydrogen-bond acceptors (Lipinski definition) is 1. The Balaban J connectivity index is 3.04. The molecule has 86 valence electrons. The lowest BCUT2D eigenvalue weighted by atomic mass is 9.84. The van der Waals surface area contributed by atoms with Gasteiger partial charge in [-0.15, -0.1) is 6.58 Å². The third-order valence-corrected chi connectivity index (χ3v) is 2.75. The van der Waals surface area contributed by atoms with Gasteiger partial charge in [0.2, 0.25) is 0 Å². The third kappa shape index (κ3) is 2.61. The lowest BCUT2D eigenvalue weighted by Gasteiger charge is -2.20. The quantitative estimate of drug-likeness (QED) is 0.823. The number of hydrogen-bond donors (Lipinski definition) is 1.